The number of nitrogens with one attached hydrogen (secondary N) is 1. The van der Waals surface area contributed by atoms with E-state index in [0.29, 0.717) is 23.8 Å². The van der Waals surface area contributed by atoms with Gasteiger partial charge >= 0.3 is 0 Å². The summed E-state index contributed by atoms with van der Waals surface area (Å²) in [5, 5.41) is 6.28. The molecule has 1 atom stereocenters. The predicted molar refractivity (Wildman–Crippen MR) is 103 cm³/mol. The van der Waals surface area contributed by atoms with Crippen molar-refractivity contribution in [1.82, 2.24) is 9.97 Å². The molecule has 1 aliphatic carbocycles. The van der Waals surface area contributed by atoms with Gasteiger partial charge in [0.1, 0.15) is 5.69 Å². The van der Waals surface area contributed by atoms with Crippen LogP contribution in [0.3, 0.4) is 0 Å². The van der Waals surface area contributed by atoms with E-state index in [-0.39, 0.29) is 18.3 Å². The van der Waals surface area contributed by atoms with Gasteiger partial charge in [0, 0.05) is 16.7 Å². The third-order valence-electron chi connectivity index (χ3n) is 4.10. The molecule has 0 bridgehead atoms. The highest BCUT2D eigenvalue weighted by molar-refractivity contribution is 7.16. The monoisotopic (exact) mass is 386 g/mol. The summed E-state index contributed by atoms with van der Waals surface area (Å²) in [6, 6.07) is 0. The molecule has 2 aromatic heterocycles. The van der Waals surface area contributed by atoms with Crippen LogP contribution in [-0.2, 0) is 19.3 Å². The minimum absolute atomic E-state index is 0. The summed E-state index contributed by atoms with van der Waals surface area (Å²) >= 11 is 3.09. The molecule has 0 radical (unpaired) electrons. The van der Waals surface area contributed by atoms with Gasteiger partial charge in [0.05, 0.1) is 10.7 Å². The molecule has 132 valence electrons. The molecule has 3 rings (SSSR count). The Morgan fingerprint density at radius 1 is 1.46 bits per heavy atom. The zero-order valence-corrected chi connectivity index (χ0v) is 16.2. The van der Waals surface area contributed by atoms with E-state index in [2.05, 4.69) is 22.2 Å². The molecular weight excluding hydrogens is 364 g/mol. The standard InChI is InChI=1S/C16H22N4OS2.ClH/c1-2-3-10-4-5-11-13(8-10)23-16(19-11)20-15(21)12-9-22-14(18-12)6-7-17;/h9-10H,2-8,17H2,1H3,(H,19,20,21);1H. The van der Waals surface area contributed by atoms with Gasteiger partial charge in [-0.3, -0.25) is 10.1 Å². The van der Waals surface area contributed by atoms with Gasteiger partial charge in [-0.15, -0.1) is 35.1 Å². The Kier molecular flexibility index (Phi) is 7.16. The van der Waals surface area contributed by atoms with Crippen molar-refractivity contribution in [3.63, 3.8) is 0 Å². The molecule has 24 heavy (non-hydrogen) atoms. The van der Waals surface area contributed by atoms with Crippen LogP contribution in [0.1, 0.15) is 52.3 Å². The highest BCUT2D eigenvalue weighted by atomic mass is 35.5. The molecule has 2 aromatic rings. The molecule has 0 saturated carbocycles. The Morgan fingerprint density at radius 3 is 3.04 bits per heavy atom. The van der Waals surface area contributed by atoms with Crippen molar-refractivity contribution in [2.24, 2.45) is 11.7 Å². The summed E-state index contributed by atoms with van der Waals surface area (Å²) in [5.41, 5.74) is 7.14. The van der Waals surface area contributed by atoms with E-state index in [4.69, 9.17) is 5.73 Å². The second-order valence-corrected chi connectivity index (χ2v) is 7.93. The largest absolute Gasteiger partial charge is 0.330 e. The molecular formula is C16H23ClN4OS2. The van der Waals surface area contributed by atoms with Gasteiger partial charge in [-0.05, 0) is 31.7 Å². The average Bonchev–Trinajstić information content (AvgIpc) is 3.14. The van der Waals surface area contributed by atoms with E-state index >= 15 is 0 Å². The van der Waals surface area contributed by atoms with E-state index in [1.807, 2.05) is 0 Å². The number of carbonyl (C=O) groups is 1. The number of nitrogens with zero attached hydrogens (tertiary/aromatic N) is 2. The van der Waals surface area contributed by atoms with Crippen LogP contribution in [0.2, 0.25) is 0 Å². The molecule has 5 nitrogen and oxygen atoms in total. The summed E-state index contributed by atoms with van der Waals surface area (Å²) < 4.78 is 0. The Bertz CT molecular complexity index is 685. The highest BCUT2D eigenvalue weighted by Gasteiger charge is 2.23. The van der Waals surface area contributed by atoms with Crippen LogP contribution in [0.4, 0.5) is 5.13 Å². The minimum Gasteiger partial charge on any atom is -0.330 e. The van der Waals surface area contributed by atoms with Gasteiger partial charge in [-0.2, -0.15) is 0 Å². The molecule has 1 unspecified atom stereocenters. The second-order valence-electron chi connectivity index (χ2n) is 5.91. The number of hydrogen-bond donors (Lipinski definition) is 2. The van der Waals surface area contributed by atoms with Crippen LogP contribution in [0.15, 0.2) is 5.38 Å². The van der Waals surface area contributed by atoms with E-state index in [9.17, 15) is 4.79 Å². The molecule has 0 aliphatic heterocycles. The quantitative estimate of drug-likeness (QED) is 0.793. The van der Waals surface area contributed by atoms with E-state index < -0.39 is 0 Å². The lowest BCUT2D eigenvalue weighted by molar-refractivity contribution is 0.102. The normalized spacial score (nSPS) is 16.3. The number of nitrogens with two attached hydrogens (primary N) is 1. The minimum atomic E-state index is -0.180. The van der Waals surface area contributed by atoms with Gasteiger partial charge in [0.25, 0.3) is 5.91 Å². The van der Waals surface area contributed by atoms with Crippen molar-refractivity contribution >= 4 is 46.1 Å². The maximum Gasteiger partial charge on any atom is 0.276 e. The summed E-state index contributed by atoms with van der Waals surface area (Å²) in [5.74, 6) is 0.592. The fourth-order valence-electron chi connectivity index (χ4n) is 2.97. The van der Waals surface area contributed by atoms with Crippen LogP contribution in [0, 0.1) is 5.92 Å². The Labute approximate surface area is 156 Å². The number of fused-ring (bicyclic) bond motifs is 1. The summed E-state index contributed by atoms with van der Waals surface area (Å²) in [4.78, 5) is 22.5. The maximum atomic E-state index is 12.3. The lowest BCUT2D eigenvalue weighted by atomic mass is 9.88. The topological polar surface area (TPSA) is 80.9 Å². The Morgan fingerprint density at radius 2 is 2.29 bits per heavy atom. The third kappa shape index (κ3) is 4.53. The van der Waals surface area contributed by atoms with Crippen LogP contribution < -0.4 is 11.1 Å². The van der Waals surface area contributed by atoms with Crippen LogP contribution in [-0.4, -0.2) is 22.4 Å². The molecule has 0 fully saturated rings. The van der Waals surface area contributed by atoms with Crippen molar-refractivity contribution < 1.29 is 4.79 Å². The fraction of sp³-hybridized carbons (Fsp3) is 0.562. The zero-order chi connectivity index (χ0) is 16.2. The molecule has 3 N–H and O–H groups in total. The first-order valence-corrected chi connectivity index (χ1v) is 9.83. The van der Waals surface area contributed by atoms with Gasteiger partial charge < -0.3 is 5.73 Å². The number of halogens is 1. The molecule has 0 saturated heterocycles. The second kappa shape index (κ2) is 8.89. The van der Waals surface area contributed by atoms with Crippen molar-refractivity contribution in [3.8, 4) is 0 Å². The van der Waals surface area contributed by atoms with Crippen molar-refractivity contribution in [1.29, 1.82) is 0 Å². The number of rotatable bonds is 6. The van der Waals surface area contributed by atoms with Crippen LogP contribution in [0.5, 0.6) is 0 Å². The first-order valence-electron chi connectivity index (χ1n) is 8.14. The molecule has 1 aliphatic rings. The van der Waals surface area contributed by atoms with E-state index in [1.165, 1.54) is 41.2 Å². The Balaban J connectivity index is 0.00000208. The number of amides is 1. The average molecular weight is 387 g/mol. The number of carbonyl (C=O) groups excluding carboxylic acids is 1. The number of aryl methyl sites for hydroxylation is 1. The number of aromatic nitrogens is 2. The fourth-order valence-corrected chi connectivity index (χ4v) is 4.88. The van der Waals surface area contributed by atoms with E-state index in [1.54, 1.807) is 16.7 Å². The summed E-state index contributed by atoms with van der Waals surface area (Å²) in [6.07, 6.45) is 6.58. The van der Waals surface area contributed by atoms with Gasteiger partial charge in [-0.1, -0.05) is 19.8 Å². The smallest absolute Gasteiger partial charge is 0.276 e. The number of thiazole rings is 2. The van der Waals surface area contributed by atoms with Gasteiger partial charge in [0.15, 0.2) is 5.13 Å². The zero-order valence-electron chi connectivity index (χ0n) is 13.7. The van der Waals surface area contributed by atoms with E-state index in [0.717, 1.165) is 23.8 Å². The summed E-state index contributed by atoms with van der Waals surface area (Å²) in [6.45, 7) is 2.79. The number of anilines is 1. The van der Waals surface area contributed by atoms with Crippen molar-refractivity contribution in [2.75, 3.05) is 11.9 Å². The highest BCUT2D eigenvalue weighted by Crippen LogP contribution is 2.34. The number of hydrogen-bond acceptors (Lipinski definition) is 6. The van der Waals surface area contributed by atoms with Crippen LogP contribution >= 0.6 is 35.1 Å². The van der Waals surface area contributed by atoms with Gasteiger partial charge in [-0.25, -0.2) is 9.97 Å². The maximum absolute atomic E-state index is 12.3. The lowest BCUT2D eigenvalue weighted by Crippen LogP contribution is -2.13. The first-order chi connectivity index (χ1) is 11.2. The molecule has 0 aromatic carbocycles. The lowest BCUT2D eigenvalue weighted by Gasteiger charge is -2.19. The van der Waals surface area contributed by atoms with Gasteiger partial charge in [0.2, 0.25) is 0 Å². The molecule has 0 spiro atoms. The third-order valence-corrected chi connectivity index (χ3v) is 6.05. The first kappa shape index (κ1) is 19.3. The van der Waals surface area contributed by atoms with Crippen molar-refractivity contribution in [3.05, 3.63) is 26.7 Å². The van der Waals surface area contributed by atoms with Crippen LogP contribution in [0.25, 0.3) is 0 Å². The molecule has 8 heteroatoms. The Hall–Kier alpha value is -1.02. The predicted octanol–water partition coefficient (Wildman–Crippen LogP) is 3.68. The molecule has 2 heterocycles. The molecule has 1 amide bonds. The summed E-state index contributed by atoms with van der Waals surface area (Å²) in [7, 11) is 0. The van der Waals surface area contributed by atoms with Crippen molar-refractivity contribution in [2.45, 2.75) is 45.4 Å². The SMILES string of the molecule is CCCC1CCc2nc(NC(=O)c3csc(CCN)n3)sc2C1.Cl.